The molecule has 0 spiro atoms. The highest BCUT2D eigenvalue weighted by atomic mass is 35.5. The number of hydrogen-bond donors (Lipinski definition) is 3. The first kappa shape index (κ1) is 23.8. The molecule has 1 aromatic carbocycles. The molecule has 1 amide bonds. The summed E-state index contributed by atoms with van der Waals surface area (Å²) < 4.78 is 10.6. The van der Waals surface area contributed by atoms with Crippen molar-refractivity contribution < 1.29 is 24.2 Å². The number of H-pyrrole nitrogens is 1. The Hall–Kier alpha value is -2.95. The highest BCUT2D eigenvalue weighted by Crippen LogP contribution is 2.48. The van der Waals surface area contributed by atoms with Gasteiger partial charge < -0.3 is 29.8 Å². The van der Waals surface area contributed by atoms with Gasteiger partial charge in [-0.25, -0.2) is 9.78 Å². The number of carboxylic acid groups (broad SMARTS) is 1. The highest BCUT2D eigenvalue weighted by molar-refractivity contribution is 7.17. The van der Waals surface area contributed by atoms with E-state index in [0.717, 1.165) is 11.3 Å². The van der Waals surface area contributed by atoms with E-state index in [2.05, 4.69) is 20.2 Å². The zero-order chi connectivity index (χ0) is 25.0. The van der Waals surface area contributed by atoms with Crippen molar-refractivity contribution in [2.45, 2.75) is 13.0 Å². The third-order valence-corrected chi connectivity index (χ3v) is 8.53. The number of benzene rings is 1. The lowest BCUT2D eigenvalue weighted by atomic mass is 10.1. The van der Waals surface area contributed by atoms with Gasteiger partial charge in [0.2, 0.25) is 0 Å². The van der Waals surface area contributed by atoms with Crippen LogP contribution in [0.1, 0.15) is 25.9 Å². The van der Waals surface area contributed by atoms with Gasteiger partial charge in [-0.15, -0.1) is 0 Å². The van der Waals surface area contributed by atoms with Gasteiger partial charge in [0.1, 0.15) is 22.1 Å². The molecule has 2 aromatic heterocycles. The minimum absolute atomic E-state index is 0.0261. The second-order valence-electron chi connectivity index (χ2n) is 8.57. The number of aromatic amines is 1. The fourth-order valence-corrected chi connectivity index (χ4v) is 5.94. The van der Waals surface area contributed by atoms with Gasteiger partial charge in [-0.3, -0.25) is 4.79 Å². The Morgan fingerprint density at radius 2 is 1.77 bits per heavy atom. The van der Waals surface area contributed by atoms with Crippen molar-refractivity contribution in [1.29, 1.82) is 0 Å². The van der Waals surface area contributed by atoms with Gasteiger partial charge in [-0.2, -0.15) is 0 Å². The third-order valence-electron chi connectivity index (χ3n) is 6.48. The Labute approximate surface area is 215 Å². The maximum atomic E-state index is 12.7. The number of ether oxygens (including phenoxy) is 2. The van der Waals surface area contributed by atoms with Gasteiger partial charge in [0.15, 0.2) is 5.13 Å². The van der Waals surface area contributed by atoms with E-state index in [0.29, 0.717) is 51.7 Å². The van der Waals surface area contributed by atoms with E-state index < -0.39 is 5.97 Å². The number of thiazole rings is 1. The molecule has 1 saturated carbocycles. The summed E-state index contributed by atoms with van der Waals surface area (Å²) in [6.45, 7) is 3.09. The van der Waals surface area contributed by atoms with E-state index in [9.17, 15) is 14.7 Å². The quantitative estimate of drug-likeness (QED) is 0.411. The molecular formula is C23H22Cl2N4O5S. The zero-order valence-corrected chi connectivity index (χ0v) is 21.3. The molecule has 3 atom stereocenters. The number of carboxylic acids is 1. The number of hydrogen-bond acceptors (Lipinski definition) is 7. The molecule has 35 heavy (non-hydrogen) atoms. The summed E-state index contributed by atoms with van der Waals surface area (Å²) >= 11 is 13.4. The van der Waals surface area contributed by atoms with Crippen molar-refractivity contribution in [2.75, 3.05) is 32.2 Å². The molecule has 1 saturated heterocycles. The van der Waals surface area contributed by atoms with Crippen LogP contribution in [0.4, 0.5) is 5.13 Å². The smallest absolute Gasteiger partial charge is 0.348 e. The molecule has 9 nitrogen and oxygen atoms in total. The number of aromatic nitrogens is 2. The van der Waals surface area contributed by atoms with Crippen molar-refractivity contribution in [3.8, 4) is 22.8 Å². The molecule has 3 heterocycles. The van der Waals surface area contributed by atoms with Crippen LogP contribution in [-0.2, 0) is 0 Å². The molecule has 2 fully saturated rings. The van der Waals surface area contributed by atoms with Crippen LogP contribution in [-0.4, -0.2) is 60.3 Å². The molecule has 1 unspecified atom stereocenters. The molecule has 1 aliphatic heterocycles. The van der Waals surface area contributed by atoms with Crippen LogP contribution in [0, 0.1) is 18.8 Å². The summed E-state index contributed by atoms with van der Waals surface area (Å²) in [5.41, 5.74) is 1.88. The second-order valence-corrected chi connectivity index (χ2v) is 10.3. The summed E-state index contributed by atoms with van der Waals surface area (Å²) in [6.07, 6.45) is 0. The van der Waals surface area contributed by atoms with E-state index in [1.54, 1.807) is 25.1 Å². The number of rotatable bonds is 7. The van der Waals surface area contributed by atoms with Crippen LogP contribution in [0.3, 0.4) is 0 Å². The van der Waals surface area contributed by atoms with Crippen LogP contribution < -0.4 is 19.7 Å². The average Bonchev–Trinajstić information content (AvgIpc) is 3.24. The van der Waals surface area contributed by atoms with Crippen LogP contribution in [0.2, 0.25) is 10.0 Å². The number of halogens is 2. The number of aromatic carboxylic acids is 1. The number of anilines is 1. The third kappa shape index (κ3) is 4.19. The van der Waals surface area contributed by atoms with Crippen LogP contribution in [0.15, 0.2) is 18.2 Å². The van der Waals surface area contributed by atoms with Gasteiger partial charge in [0.05, 0.1) is 30.0 Å². The van der Waals surface area contributed by atoms with Crippen LogP contribution >= 0.6 is 34.5 Å². The maximum Gasteiger partial charge on any atom is 0.348 e. The van der Waals surface area contributed by atoms with E-state index in [4.69, 9.17) is 32.7 Å². The predicted molar refractivity (Wildman–Crippen MR) is 134 cm³/mol. The first-order valence-corrected chi connectivity index (χ1v) is 12.4. The monoisotopic (exact) mass is 536 g/mol. The van der Waals surface area contributed by atoms with Crippen molar-refractivity contribution in [3.63, 3.8) is 0 Å². The van der Waals surface area contributed by atoms with Crippen molar-refractivity contribution in [1.82, 2.24) is 15.3 Å². The first-order chi connectivity index (χ1) is 16.7. The lowest BCUT2D eigenvalue weighted by Gasteiger charge is -2.19. The molecular weight excluding hydrogens is 515 g/mol. The number of methoxy groups -OCH3 is 2. The molecule has 2 aliphatic rings. The summed E-state index contributed by atoms with van der Waals surface area (Å²) in [4.78, 5) is 34.5. The molecule has 3 N–H and O–H groups in total. The Morgan fingerprint density at radius 1 is 1.14 bits per heavy atom. The predicted octanol–water partition coefficient (Wildman–Crippen LogP) is 4.33. The molecule has 0 radical (unpaired) electrons. The number of carbonyl (C=O) groups is 2. The Bertz CT molecular complexity index is 1310. The van der Waals surface area contributed by atoms with E-state index >= 15 is 0 Å². The number of aryl methyl sites for hydroxylation is 1. The normalized spacial score (nSPS) is 20.5. The Morgan fingerprint density at radius 3 is 2.29 bits per heavy atom. The van der Waals surface area contributed by atoms with Crippen LogP contribution in [0.5, 0.6) is 11.5 Å². The summed E-state index contributed by atoms with van der Waals surface area (Å²) in [7, 11) is 3.07. The number of nitrogens with one attached hydrogen (secondary N) is 2. The summed E-state index contributed by atoms with van der Waals surface area (Å²) in [5, 5.41) is 14.0. The molecule has 1 aliphatic carbocycles. The van der Waals surface area contributed by atoms with Crippen LogP contribution in [0.25, 0.3) is 11.3 Å². The highest BCUT2D eigenvalue weighted by Gasteiger charge is 2.57. The minimum atomic E-state index is -1.04. The van der Waals surface area contributed by atoms with Gasteiger partial charge >= 0.3 is 5.97 Å². The molecule has 3 aromatic rings. The number of nitrogens with zero attached hydrogens (tertiary/aromatic N) is 2. The second kappa shape index (κ2) is 8.92. The number of carbonyl (C=O) groups excluding carboxylic acids is 1. The maximum absolute atomic E-state index is 12.7. The summed E-state index contributed by atoms with van der Waals surface area (Å²) in [5.74, 6) is 0.266. The van der Waals surface area contributed by atoms with E-state index in [1.807, 2.05) is 0 Å². The number of fused-ring (bicyclic) bond motifs is 1. The Balaban J connectivity index is 1.31. The molecule has 184 valence electrons. The van der Waals surface area contributed by atoms with Gasteiger partial charge in [0.25, 0.3) is 5.91 Å². The van der Waals surface area contributed by atoms with Gasteiger partial charge in [-0.05, 0) is 19.1 Å². The lowest BCUT2D eigenvalue weighted by molar-refractivity contribution is 0.0702. The topological polar surface area (TPSA) is 117 Å². The Kier molecular flexibility index (Phi) is 6.06. The molecule has 12 heteroatoms. The fraction of sp³-hybridized carbons (Fsp3) is 0.348. The SMILES string of the molecule is COc1cc(OC)cc(-c2nc(N3C[C@@H]4C(NC(=O)c5[nH]c(C)c(Cl)c5Cl)[C@@H]4C3)sc2C(=O)O)c1. The minimum Gasteiger partial charge on any atom is -0.497 e. The van der Waals surface area contributed by atoms with Crippen molar-refractivity contribution in [2.24, 2.45) is 11.8 Å². The standard InChI is InChI=1S/C23H22Cl2N4O5S/c1-9-15(24)16(25)19(26-9)21(30)27-18-13-7-29(8-14(13)18)23-28-17(20(35-23)22(31)32)10-4-11(33-2)6-12(5-10)34-3/h4-6,13-14,18,26H,7-8H2,1-3H3,(H,27,30)(H,31,32)/t13-,14+,18?. The number of amides is 1. The molecule has 5 rings (SSSR count). The summed E-state index contributed by atoms with van der Waals surface area (Å²) in [6, 6.07) is 5.22. The van der Waals surface area contributed by atoms with Gasteiger partial charge in [-0.1, -0.05) is 34.5 Å². The average molecular weight is 537 g/mol. The van der Waals surface area contributed by atoms with E-state index in [-0.39, 0.29) is 39.4 Å². The van der Waals surface area contributed by atoms with E-state index in [1.165, 1.54) is 14.2 Å². The fourth-order valence-electron chi connectivity index (χ4n) is 4.58. The first-order valence-electron chi connectivity index (χ1n) is 10.8. The number of piperidine rings is 1. The van der Waals surface area contributed by atoms with Crippen molar-refractivity contribution in [3.05, 3.63) is 44.5 Å². The largest absolute Gasteiger partial charge is 0.497 e. The van der Waals surface area contributed by atoms with Crippen molar-refractivity contribution >= 4 is 51.5 Å². The zero-order valence-electron chi connectivity index (χ0n) is 19.0. The molecule has 0 bridgehead atoms. The lowest BCUT2D eigenvalue weighted by Crippen LogP contribution is -2.34. The van der Waals surface area contributed by atoms with Gasteiger partial charge in [0, 0.05) is 48.3 Å².